The Morgan fingerprint density at radius 1 is 1.31 bits per heavy atom. The molecule has 1 aliphatic heterocycles. The number of carboxylic acids is 1. The molecule has 2 aromatic heterocycles. The molecule has 2 aromatic rings. The lowest BCUT2D eigenvalue weighted by Gasteiger charge is -2.11. The van der Waals surface area contributed by atoms with E-state index in [4.69, 9.17) is 5.11 Å². The Morgan fingerprint density at radius 3 is 2.81 bits per heavy atom. The van der Waals surface area contributed by atoms with Gasteiger partial charge in [-0.2, -0.15) is 0 Å². The molecule has 0 aromatic carbocycles. The average molecular weight is 409 g/mol. The van der Waals surface area contributed by atoms with Crippen LogP contribution in [0.5, 0.6) is 0 Å². The molecular weight excluding hydrogens is 398 g/mol. The molecule has 0 saturated carbocycles. The second-order valence-electron chi connectivity index (χ2n) is 5.05. The lowest BCUT2D eigenvalue weighted by atomic mass is 10.3. The summed E-state index contributed by atoms with van der Waals surface area (Å²) in [7, 11) is 0. The van der Waals surface area contributed by atoms with Gasteiger partial charge in [-0.25, -0.2) is 4.98 Å². The maximum atomic E-state index is 12.3. The number of carbonyl (C=O) groups excluding carboxylic acids is 3. The van der Waals surface area contributed by atoms with Crippen LogP contribution in [-0.4, -0.2) is 44.6 Å². The molecule has 0 unspecified atom stereocenters. The van der Waals surface area contributed by atoms with Crippen LogP contribution in [0.15, 0.2) is 27.8 Å². The molecule has 0 radical (unpaired) electrons. The number of carbonyl (C=O) groups is 4. The highest BCUT2D eigenvalue weighted by Crippen LogP contribution is 2.32. The van der Waals surface area contributed by atoms with E-state index in [1.54, 1.807) is 6.08 Å². The summed E-state index contributed by atoms with van der Waals surface area (Å²) in [5.74, 6) is -2.13. The first-order valence-electron chi connectivity index (χ1n) is 7.17. The number of anilines is 1. The van der Waals surface area contributed by atoms with Crippen LogP contribution in [0.1, 0.15) is 10.6 Å². The minimum Gasteiger partial charge on any atom is -0.481 e. The molecule has 0 aliphatic carbocycles. The van der Waals surface area contributed by atoms with E-state index in [2.05, 4.69) is 10.3 Å². The molecule has 3 rings (SSSR count). The highest BCUT2D eigenvalue weighted by molar-refractivity contribution is 8.18. The molecule has 1 aliphatic rings. The zero-order valence-electron chi connectivity index (χ0n) is 13.0. The van der Waals surface area contributed by atoms with Gasteiger partial charge in [0.05, 0.1) is 17.0 Å². The summed E-state index contributed by atoms with van der Waals surface area (Å²) in [5.41, 5.74) is 0.322. The predicted molar refractivity (Wildman–Crippen MR) is 99.1 cm³/mol. The molecule has 0 bridgehead atoms. The van der Waals surface area contributed by atoms with Crippen LogP contribution in [0.4, 0.5) is 9.93 Å². The number of thiophene rings is 1. The molecule has 2 N–H and O–H groups in total. The summed E-state index contributed by atoms with van der Waals surface area (Å²) < 4.78 is 0. The van der Waals surface area contributed by atoms with Crippen LogP contribution in [0.2, 0.25) is 0 Å². The number of nitrogens with one attached hydrogen (secondary N) is 1. The molecule has 1 fully saturated rings. The summed E-state index contributed by atoms with van der Waals surface area (Å²) in [6.07, 6.45) is 1.37. The molecule has 134 valence electrons. The number of nitrogens with zero attached hydrogens (tertiary/aromatic N) is 2. The lowest BCUT2D eigenvalue weighted by Crippen LogP contribution is -2.36. The first-order valence-corrected chi connectivity index (χ1v) is 9.75. The number of hydrogen-bond acceptors (Lipinski definition) is 8. The maximum absolute atomic E-state index is 12.3. The third-order valence-corrected chi connectivity index (χ3v) is 5.66. The van der Waals surface area contributed by atoms with Gasteiger partial charge < -0.3 is 10.4 Å². The first-order chi connectivity index (χ1) is 12.4. The number of rotatable bonds is 6. The zero-order chi connectivity index (χ0) is 18.7. The summed E-state index contributed by atoms with van der Waals surface area (Å²) >= 11 is 3.30. The number of aromatic nitrogens is 1. The lowest BCUT2D eigenvalue weighted by molar-refractivity contribution is -0.136. The van der Waals surface area contributed by atoms with Gasteiger partial charge in [-0.05, 0) is 29.3 Å². The number of thioether (sulfide) groups is 1. The van der Waals surface area contributed by atoms with Crippen molar-refractivity contribution < 1.29 is 24.3 Å². The van der Waals surface area contributed by atoms with Gasteiger partial charge in [-0.3, -0.25) is 24.1 Å². The van der Waals surface area contributed by atoms with Crippen LogP contribution in [0.3, 0.4) is 0 Å². The maximum Gasteiger partial charge on any atom is 0.309 e. The van der Waals surface area contributed by atoms with E-state index in [1.165, 1.54) is 16.7 Å². The van der Waals surface area contributed by atoms with Gasteiger partial charge in [0.15, 0.2) is 5.13 Å². The Kier molecular flexibility index (Phi) is 5.49. The smallest absolute Gasteiger partial charge is 0.309 e. The van der Waals surface area contributed by atoms with Gasteiger partial charge in [-0.15, -0.1) is 22.7 Å². The Bertz CT molecular complexity index is 904. The normalized spacial score (nSPS) is 15.7. The first kappa shape index (κ1) is 18.3. The minimum atomic E-state index is -1.02. The Labute approximate surface area is 159 Å². The largest absolute Gasteiger partial charge is 0.481 e. The molecule has 11 heteroatoms. The van der Waals surface area contributed by atoms with Gasteiger partial charge in [0.2, 0.25) is 5.91 Å². The average Bonchev–Trinajstić information content (AvgIpc) is 3.27. The van der Waals surface area contributed by atoms with Gasteiger partial charge in [0.1, 0.15) is 6.54 Å². The molecule has 0 atom stereocenters. The topological polar surface area (TPSA) is 117 Å². The summed E-state index contributed by atoms with van der Waals surface area (Å²) in [5, 5.41) is 14.3. The van der Waals surface area contributed by atoms with Crippen molar-refractivity contribution >= 4 is 68.7 Å². The Balaban J connectivity index is 1.62. The fourth-order valence-corrected chi connectivity index (χ4v) is 4.33. The molecule has 3 heterocycles. The Morgan fingerprint density at radius 2 is 2.12 bits per heavy atom. The van der Waals surface area contributed by atoms with Crippen molar-refractivity contribution in [2.75, 3.05) is 11.9 Å². The summed E-state index contributed by atoms with van der Waals surface area (Å²) in [6.45, 7) is -0.430. The van der Waals surface area contributed by atoms with Crippen LogP contribution in [-0.2, 0) is 20.8 Å². The molecule has 0 spiro atoms. The van der Waals surface area contributed by atoms with E-state index in [1.807, 2.05) is 17.5 Å². The number of carboxylic acid groups (broad SMARTS) is 1. The second kappa shape index (κ2) is 7.81. The van der Waals surface area contributed by atoms with Crippen LogP contribution >= 0.6 is 34.4 Å². The van der Waals surface area contributed by atoms with Gasteiger partial charge in [-0.1, -0.05) is 6.07 Å². The van der Waals surface area contributed by atoms with E-state index >= 15 is 0 Å². The highest BCUT2D eigenvalue weighted by Gasteiger charge is 2.36. The van der Waals surface area contributed by atoms with E-state index in [9.17, 15) is 19.2 Å². The van der Waals surface area contributed by atoms with Crippen molar-refractivity contribution in [1.29, 1.82) is 0 Å². The van der Waals surface area contributed by atoms with Crippen molar-refractivity contribution in [2.45, 2.75) is 6.42 Å². The summed E-state index contributed by atoms with van der Waals surface area (Å²) in [4.78, 5) is 53.0. The third-order valence-electron chi connectivity index (χ3n) is 3.12. The molecule has 1 saturated heterocycles. The van der Waals surface area contributed by atoms with Crippen LogP contribution < -0.4 is 5.32 Å². The quantitative estimate of drug-likeness (QED) is 0.704. The molecule has 3 amide bonds. The zero-order valence-corrected chi connectivity index (χ0v) is 15.4. The van der Waals surface area contributed by atoms with Crippen molar-refractivity contribution in [2.24, 2.45) is 0 Å². The fourth-order valence-electron chi connectivity index (χ4n) is 2.04. The van der Waals surface area contributed by atoms with Crippen LogP contribution in [0, 0.1) is 0 Å². The van der Waals surface area contributed by atoms with E-state index < -0.39 is 29.6 Å². The highest BCUT2D eigenvalue weighted by atomic mass is 32.2. The van der Waals surface area contributed by atoms with E-state index in [-0.39, 0.29) is 16.5 Å². The Hall–Kier alpha value is -2.50. The second-order valence-corrected chi connectivity index (χ2v) is 7.88. The molecule has 26 heavy (non-hydrogen) atoms. The number of thiazole rings is 1. The minimum absolute atomic E-state index is 0.215. The van der Waals surface area contributed by atoms with Crippen molar-refractivity contribution in [3.05, 3.63) is 38.4 Å². The van der Waals surface area contributed by atoms with Crippen molar-refractivity contribution in [3.63, 3.8) is 0 Å². The summed E-state index contributed by atoms with van der Waals surface area (Å²) in [6, 6.07) is 3.66. The monoisotopic (exact) mass is 409 g/mol. The molecule has 8 nitrogen and oxygen atoms in total. The SMILES string of the molecule is O=C(O)Cc1csc(NC(=O)CN2C(=O)S/C(=C\c3cccs3)C2=O)n1. The molecular formula is C15H11N3O5S3. The predicted octanol–water partition coefficient (Wildman–Crippen LogP) is 2.51. The van der Waals surface area contributed by atoms with Crippen molar-refractivity contribution in [3.8, 4) is 0 Å². The van der Waals surface area contributed by atoms with E-state index in [0.717, 1.165) is 32.9 Å². The van der Waals surface area contributed by atoms with Crippen molar-refractivity contribution in [1.82, 2.24) is 9.88 Å². The van der Waals surface area contributed by atoms with Gasteiger partial charge >= 0.3 is 5.97 Å². The standard InChI is InChI=1S/C15H11N3O5S3/c19-11(17-14-16-8(7-25-14)4-12(20)21)6-18-13(22)10(26-15(18)23)5-9-2-1-3-24-9/h1-3,5,7H,4,6H2,(H,20,21)(H,16,17,19)/b10-5-. The number of amides is 3. The van der Waals surface area contributed by atoms with Gasteiger partial charge in [0.25, 0.3) is 11.1 Å². The number of aliphatic carboxylic acids is 1. The van der Waals surface area contributed by atoms with Crippen LogP contribution in [0.25, 0.3) is 6.08 Å². The number of hydrogen-bond donors (Lipinski definition) is 2. The van der Waals surface area contributed by atoms with E-state index in [0.29, 0.717) is 5.69 Å². The third kappa shape index (κ3) is 4.36. The van der Waals surface area contributed by atoms with Gasteiger partial charge in [0, 0.05) is 10.3 Å². The fraction of sp³-hybridized carbons (Fsp3) is 0.133. The number of imide groups is 1.